The highest BCUT2D eigenvalue weighted by Crippen LogP contribution is 2.22. The van der Waals surface area contributed by atoms with Gasteiger partial charge in [0.2, 0.25) is 5.91 Å². The SMILES string of the molecule is CC(C)(C)C(=O)NCc1ccc(C(=O)CSc2nnc3ccccn23)s1. The summed E-state index contributed by atoms with van der Waals surface area (Å²) in [5.41, 5.74) is 0.337. The maximum absolute atomic E-state index is 12.4. The molecule has 0 radical (unpaired) electrons. The minimum Gasteiger partial charge on any atom is -0.351 e. The van der Waals surface area contributed by atoms with E-state index in [1.807, 2.05) is 61.7 Å². The van der Waals surface area contributed by atoms with Gasteiger partial charge in [0.25, 0.3) is 0 Å². The highest BCUT2D eigenvalue weighted by molar-refractivity contribution is 7.99. The smallest absolute Gasteiger partial charge is 0.225 e. The highest BCUT2D eigenvalue weighted by Gasteiger charge is 2.21. The molecule has 0 aliphatic carbocycles. The molecule has 0 atom stereocenters. The number of amides is 1. The lowest BCUT2D eigenvalue weighted by Crippen LogP contribution is -2.34. The molecule has 0 saturated heterocycles. The van der Waals surface area contributed by atoms with Gasteiger partial charge in [-0.1, -0.05) is 38.6 Å². The molecule has 136 valence electrons. The Bertz CT molecular complexity index is 940. The third-order valence-electron chi connectivity index (χ3n) is 3.66. The average molecular weight is 389 g/mol. The zero-order valence-electron chi connectivity index (χ0n) is 14.9. The van der Waals surface area contributed by atoms with Gasteiger partial charge in [-0.2, -0.15) is 0 Å². The number of thioether (sulfide) groups is 1. The van der Waals surface area contributed by atoms with Crippen molar-refractivity contribution < 1.29 is 9.59 Å². The van der Waals surface area contributed by atoms with Crippen molar-refractivity contribution in [1.29, 1.82) is 0 Å². The standard InChI is InChI=1S/C18H20N4O2S2/c1-18(2,3)16(24)19-10-12-7-8-14(26-12)13(23)11-25-17-21-20-15-6-4-5-9-22(15)17/h4-9H,10-11H2,1-3H3,(H,19,24). The Morgan fingerprint density at radius 2 is 2.00 bits per heavy atom. The lowest BCUT2D eigenvalue weighted by atomic mass is 9.96. The largest absolute Gasteiger partial charge is 0.351 e. The van der Waals surface area contributed by atoms with Crippen LogP contribution >= 0.6 is 23.1 Å². The van der Waals surface area contributed by atoms with Gasteiger partial charge in [-0.05, 0) is 24.3 Å². The van der Waals surface area contributed by atoms with E-state index in [2.05, 4.69) is 15.5 Å². The summed E-state index contributed by atoms with van der Waals surface area (Å²) in [6.45, 7) is 6.06. The number of ketones is 1. The number of thiophene rings is 1. The maximum Gasteiger partial charge on any atom is 0.225 e. The van der Waals surface area contributed by atoms with E-state index in [1.165, 1.54) is 23.1 Å². The van der Waals surface area contributed by atoms with Crippen molar-refractivity contribution in [2.75, 3.05) is 5.75 Å². The molecule has 1 amide bonds. The minimum atomic E-state index is -0.423. The van der Waals surface area contributed by atoms with Gasteiger partial charge >= 0.3 is 0 Å². The Morgan fingerprint density at radius 3 is 2.77 bits per heavy atom. The summed E-state index contributed by atoms with van der Waals surface area (Å²) in [6, 6.07) is 9.37. The number of rotatable bonds is 6. The topological polar surface area (TPSA) is 76.4 Å². The molecule has 26 heavy (non-hydrogen) atoms. The second-order valence-electron chi connectivity index (χ2n) is 6.82. The summed E-state index contributed by atoms with van der Waals surface area (Å²) in [7, 11) is 0. The number of Topliss-reactive ketones (excluding diaryl/α,β-unsaturated/α-hetero) is 1. The molecule has 0 saturated carbocycles. The van der Waals surface area contributed by atoms with E-state index in [4.69, 9.17) is 0 Å². The fourth-order valence-electron chi connectivity index (χ4n) is 2.17. The number of hydrogen-bond donors (Lipinski definition) is 1. The summed E-state index contributed by atoms with van der Waals surface area (Å²) in [6.07, 6.45) is 1.88. The summed E-state index contributed by atoms with van der Waals surface area (Å²) >= 11 is 2.78. The van der Waals surface area contributed by atoms with Crippen molar-refractivity contribution in [3.05, 3.63) is 46.3 Å². The van der Waals surface area contributed by atoms with E-state index >= 15 is 0 Å². The van der Waals surface area contributed by atoms with Crippen LogP contribution in [0, 0.1) is 5.41 Å². The van der Waals surface area contributed by atoms with E-state index in [9.17, 15) is 9.59 Å². The van der Waals surface area contributed by atoms with Gasteiger partial charge in [0.1, 0.15) is 0 Å². The zero-order chi connectivity index (χ0) is 18.7. The van der Waals surface area contributed by atoms with E-state index in [-0.39, 0.29) is 11.7 Å². The quantitative estimate of drug-likeness (QED) is 0.517. The Labute approximate surface area is 160 Å². The maximum atomic E-state index is 12.4. The van der Waals surface area contributed by atoms with Crippen LogP contribution in [0.1, 0.15) is 35.3 Å². The fourth-order valence-corrected chi connectivity index (χ4v) is 3.96. The van der Waals surface area contributed by atoms with Crippen LogP contribution < -0.4 is 5.32 Å². The van der Waals surface area contributed by atoms with Gasteiger partial charge in [-0.3, -0.25) is 14.0 Å². The predicted octanol–water partition coefficient (Wildman–Crippen LogP) is 3.43. The second-order valence-corrected chi connectivity index (χ2v) is 8.93. The lowest BCUT2D eigenvalue weighted by Gasteiger charge is -2.17. The number of pyridine rings is 1. The monoisotopic (exact) mass is 388 g/mol. The highest BCUT2D eigenvalue weighted by atomic mass is 32.2. The van der Waals surface area contributed by atoms with Crippen LogP contribution in [-0.2, 0) is 11.3 Å². The Morgan fingerprint density at radius 1 is 1.19 bits per heavy atom. The molecule has 1 N–H and O–H groups in total. The van der Waals surface area contributed by atoms with E-state index in [1.54, 1.807) is 0 Å². The van der Waals surface area contributed by atoms with E-state index in [0.717, 1.165) is 10.5 Å². The number of carbonyl (C=O) groups is 2. The normalized spacial score (nSPS) is 11.7. The molecule has 3 aromatic heterocycles. The van der Waals surface area contributed by atoms with Crippen molar-refractivity contribution in [1.82, 2.24) is 19.9 Å². The molecule has 0 aromatic carbocycles. The van der Waals surface area contributed by atoms with Crippen LogP contribution in [0.5, 0.6) is 0 Å². The first-order valence-electron chi connectivity index (χ1n) is 8.17. The Hall–Kier alpha value is -2.19. The van der Waals surface area contributed by atoms with Gasteiger partial charge < -0.3 is 5.32 Å². The first-order chi connectivity index (χ1) is 12.3. The van der Waals surface area contributed by atoms with Gasteiger partial charge in [-0.25, -0.2) is 0 Å². The van der Waals surface area contributed by atoms with Crippen LogP contribution in [0.3, 0.4) is 0 Å². The Kier molecular flexibility index (Phi) is 5.43. The average Bonchev–Trinajstić information content (AvgIpc) is 3.24. The third kappa shape index (κ3) is 4.31. The third-order valence-corrected chi connectivity index (χ3v) is 5.72. The molecule has 0 bridgehead atoms. The molecular formula is C18H20N4O2S2. The number of carbonyl (C=O) groups excluding carboxylic acids is 2. The number of hydrogen-bond acceptors (Lipinski definition) is 6. The second kappa shape index (κ2) is 7.59. The number of nitrogens with zero attached hydrogens (tertiary/aromatic N) is 3. The zero-order valence-corrected chi connectivity index (χ0v) is 16.5. The van der Waals surface area contributed by atoms with Crippen molar-refractivity contribution in [3.8, 4) is 0 Å². The number of fused-ring (bicyclic) bond motifs is 1. The lowest BCUT2D eigenvalue weighted by molar-refractivity contribution is -0.128. The summed E-state index contributed by atoms with van der Waals surface area (Å²) in [5.74, 6) is 0.332. The number of nitrogens with one attached hydrogen (secondary N) is 1. The minimum absolute atomic E-state index is 0.00647. The molecule has 0 aliphatic rings. The first-order valence-corrected chi connectivity index (χ1v) is 9.97. The molecule has 0 fully saturated rings. The van der Waals surface area contributed by atoms with Crippen molar-refractivity contribution >= 4 is 40.4 Å². The van der Waals surface area contributed by atoms with Crippen LogP contribution in [0.4, 0.5) is 0 Å². The van der Waals surface area contributed by atoms with Crippen molar-refractivity contribution in [2.24, 2.45) is 5.41 Å². The van der Waals surface area contributed by atoms with Crippen LogP contribution in [0.25, 0.3) is 5.65 Å². The van der Waals surface area contributed by atoms with Crippen molar-refractivity contribution in [3.63, 3.8) is 0 Å². The molecule has 0 spiro atoms. The van der Waals surface area contributed by atoms with Gasteiger partial charge in [0.15, 0.2) is 16.6 Å². The fraction of sp³-hybridized carbons (Fsp3) is 0.333. The van der Waals surface area contributed by atoms with Gasteiger partial charge in [0.05, 0.1) is 17.2 Å². The number of aromatic nitrogens is 3. The summed E-state index contributed by atoms with van der Waals surface area (Å²) in [5, 5.41) is 11.8. The molecule has 3 rings (SSSR count). The molecule has 0 aliphatic heterocycles. The van der Waals surface area contributed by atoms with Gasteiger partial charge in [0, 0.05) is 16.5 Å². The van der Waals surface area contributed by atoms with E-state index < -0.39 is 5.41 Å². The molecular weight excluding hydrogens is 368 g/mol. The van der Waals surface area contributed by atoms with E-state index in [0.29, 0.717) is 22.3 Å². The molecule has 6 nitrogen and oxygen atoms in total. The molecule has 0 unspecified atom stereocenters. The molecule has 3 heterocycles. The van der Waals surface area contributed by atoms with Crippen molar-refractivity contribution in [2.45, 2.75) is 32.5 Å². The molecule has 8 heteroatoms. The first kappa shape index (κ1) is 18.6. The summed E-state index contributed by atoms with van der Waals surface area (Å²) in [4.78, 5) is 26.0. The van der Waals surface area contributed by atoms with Crippen LogP contribution in [0.2, 0.25) is 0 Å². The van der Waals surface area contributed by atoms with Crippen LogP contribution in [-0.4, -0.2) is 32.0 Å². The molecule has 3 aromatic rings. The van der Waals surface area contributed by atoms with Gasteiger partial charge in [-0.15, -0.1) is 21.5 Å². The summed E-state index contributed by atoms with van der Waals surface area (Å²) < 4.78 is 1.86. The Balaban J connectivity index is 1.57. The predicted molar refractivity (Wildman–Crippen MR) is 104 cm³/mol. The van der Waals surface area contributed by atoms with Crippen LogP contribution in [0.15, 0.2) is 41.7 Å².